The van der Waals surface area contributed by atoms with Crippen LogP contribution in [-0.4, -0.2) is 21.2 Å². The van der Waals surface area contributed by atoms with Gasteiger partial charge in [-0.25, -0.2) is 4.98 Å². The molecule has 0 radical (unpaired) electrons. The van der Waals surface area contributed by atoms with Crippen molar-refractivity contribution < 1.29 is 4.79 Å². The first-order valence-corrected chi connectivity index (χ1v) is 10.6. The highest BCUT2D eigenvalue weighted by Crippen LogP contribution is 2.32. The third kappa shape index (κ3) is 4.50. The van der Waals surface area contributed by atoms with Gasteiger partial charge in [-0.05, 0) is 23.6 Å². The second-order valence-corrected chi connectivity index (χ2v) is 8.38. The fourth-order valence-electron chi connectivity index (χ4n) is 2.27. The molecule has 0 atom stereocenters. The van der Waals surface area contributed by atoms with Crippen LogP contribution in [0.4, 0.5) is 5.69 Å². The number of carbonyl (C=O) groups excluding carboxylic acids is 1. The molecule has 1 aromatic carbocycles. The Hall–Kier alpha value is -1.51. The van der Waals surface area contributed by atoms with E-state index in [0.29, 0.717) is 32.6 Å². The van der Waals surface area contributed by atoms with Crippen molar-refractivity contribution in [2.45, 2.75) is 11.7 Å². The van der Waals surface area contributed by atoms with E-state index in [1.54, 1.807) is 12.1 Å². The zero-order valence-corrected chi connectivity index (χ0v) is 17.6. The van der Waals surface area contributed by atoms with Gasteiger partial charge in [0.15, 0.2) is 5.16 Å². The molecule has 2 heterocycles. The maximum Gasteiger partial charge on any atom is 0.263 e. The summed E-state index contributed by atoms with van der Waals surface area (Å²) in [5, 5.41) is 6.36. The number of halogens is 3. The zero-order valence-electron chi connectivity index (χ0n) is 13.7. The Morgan fingerprint density at radius 1 is 1.30 bits per heavy atom. The summed E-state index contributed by atoms with van der Waals surface area (Å²) in [7, 11) is 0. The van der Waals surface area contributed by atoms with Gasteiger partial charge in [0, 0.05) is 6.54 Å². The van der Waals surface area contributed by atoms with Crippen molar-refractivity contribution in [3.8, 4) is 0 Å². The lowest BCUT2D eigenvalue weighted by atomic mass is 10.3. The molecule has 0 aliphatic rings. The molecule has 0 saturated carbocycles. The third-order valence-corrected chi connectivity index (χ3v) is 6.29. The van der Waals surface area contributed by atoms with Crippen LogP contribution >= 0.6 is 57.9 Å². The van der Waals surface area contributed by atoms with Crippen LogP contribution in [-0.2, 0) is 11.3 Å². The van der Waals surface area contributed by atoms with Gasteiger partial charge in [-0.1, -0.05) is 52.6 Å². The Balaban J connectivity index is 1.79. The minimum absolute atomic E-state index is 0.0387. The lowest BCUT2D eigenvalue weighted by molar-refractivity contribution is -0.113. The smallest absolute Gasteiger partial charge is 0.263 e. The molecule has 0 fully saturated rings. The molecule has 1 N–H and O–H groups in total. The van der Waals surface area contributed by atoms with Crippen molar-refractivity contribution in [1.29, 1.82) is 0 Å². The van der Waals surface area contributed by atoms with Crippen molar-refractivity contribution in [3.63, 3.8) is 0 Å². The van der Waals surface area contributed by atoms with E-state index in [9.17, 15) is 9.59 Å². The van der Waals surface area contributed by atoms with E-state index in [1.807, 2.05) is 5.38 Å². The van der Waals surface area contributed by atoms with Crippen LogP contribution in [0.5, 0.6) is 0 Å². The summed E-state index contributed by atoms with van der Waals surface area (Å²) in [5.41, 5.74) is 0.207. The highest BCUT2D eigenvalue weighted by atomic mass is 35.5. The fourth-order valence-corrected chi connectivity index (χ4v) is 4.47. The Morgan fingerprint density at radius 2 is 2.04 bits per heavy atom. The summed E-state index contributed by atoms with van der Waals surface area (Å²) in [6, 6.07) is 4.68. The van der Waals surface area contributed by atoms with Crippen LogP contribution in [0.2, 0.25) is 15.1 Å². The Kier molecular flexibility index (Phi) is 6.49. The average molecular weight is 461 g/mol. The standard InChI is InChI=1S/C17H12Cl3N3O2S2/c1-2-4-23-16(25)9-3-5-26-15(9)22-17(23)27-8-14(24)21-13-7-11(19)10(18)6-12(13)20/h2-3,5-7H,1,4,8H2,(H,21,24). The summed E-state index contributed by atoms with van der Waals surface area (Å²) in [6.07, 6.45) is 1.61. The molecular weight excluding hydrogens is 449 g/mol. The number of nitrogens with one attached hydrogen (secondary N) is 1. The molecule has 140 valence electrons. The molecule has 0 saturated heterocycles. The first-order valence-electron chi connectivity index (χ1n) is 7.57. The van der Waals surface area contributed by atoms with Gasteiger partial charge in [-0.15, -0.1) is 17.9 Å². The molecule has 3 aromatic rings. The number of thioether (sulfide) groups is 1. The predicted octanol–water partition coefficient (Wildman–Crippen LogP) is 5.34. The monoisotopic (exact) mass is 459 g/mol. The second kappa shape index (κ2) is 8.67. The Morgan fingerprint density at radius 3 is 2.78 bits per heavy atom. The minimum Gasteiger partial charge on any atom is -0.324 e. The van der Waals surface area contributed by atoms with Crippen molar-refractivity contribution in [1.82, 2.24) is 9.55 Å². The number of fused-ring (bicyclic) bond motifs is 1. The topological polar surface area (TPSA) is 64.0 Å². The number of benzene rings is 1. The van der Waals surface area contributed by atoms with E-state index < -0.39 is 0 Å². The summed E-state index contributed by atoms with van der Waals surface area (Å²) in [6.45, 7) is 3.98. The maximum absolute atomic E-state index is 12.6. The number of allylic oxidation sites excluding steroid dienone is 1. The zero-order chi connectivity index (χ0) is 19.6. The fraction of sp³-hybridized carbons (Fsp3) is 0.118. The molecule has 10 heteroatoms. The van der Waals surface area contributed by atoms with Gasteiger partial charge >= 0.3 is 0 Å². The van der Waals surface area contributed by atoms with E-state index in [0.717, 1.165) is 11.8 Å². The van der Waals surface area contributed by atoms with E-state index >= 15 is 0 Å². The maximum atomic E-state index is 12.6. The van der Waals surface area contributed by atoms with Crippen molar-refractivity contribution in [3.05, 3.63) is 61.7 Å². The first-order chi connectivity index (χ1) is 12.9. The largest absolute Gasteiger partial charge is 0.324 e. The van der Waals surface area contributed by atoms with Gasteiger partial charge in [0.2, 0.25) is 5.91 Å². The molecule has 0 bridgehead atoms. The number of aromatic nitrogens is 2. The van der Waals surface area contributed by atoms with Crippen LogP contribution in [0.25, 0.3) is 10.2 Å². The Labute approximate surface area is 178 Å². The number of amides is 1. The van der Waals surface area contributed by atoms with Crippen LogP contribution < -0.4 is 10.9 Å². The number of hydrogen-bond acceptors (Lipinski definition) is 5. The number of nitrogens with zero attached hydrogens (tertiary/aromatic N) is 2. The number of hydrogen-bond donors (Lipinski definition) is 1. The van der Waals surface area contributed by atoms with E-state index in [2.05, 4.69) is 16.9 Å². The summed E-state index contributed by atoms with van der Waals surface area (Å²) in [4.78, 5) is 30.0. The van der Waals surface area contributed by atoms with Gasteiger partial charge in [-0.3, -0.25) is 14.2 Å². The predicted molar refractivity (Wildman–Crippen MR) is 115 cm³/mol. The van der Waals surface area contributed by atoms with Gasteiger partial charge in [0.05, 0.1) is 31.9 Å². The molecule has 0 spiro atoms. The second-order valence-electron chi connectivity index (χ2n) is 5.32. The molecule has 1 amide bonds. The third-order valence-electron chi connectivity index (χ3n) is 3.48. The van der Waals surface area contributed by atoms with Crippen molar-refractivity contribution in [2.24, 2.45) is 0 Å². The van der Waals surface area contributed by atoms with Crippen LogP contribution in [0.3, 0.4) is 0 Å². The number of carbonyl (C=O) groups is 1. The van der Waals surface area contributed by atoms with E-state index in [4.69, 9.17) is 34.8 Å². The summed E-state index contributed by atoms with van der Waals surface area (Å²) < 4.78 is 1.49. The number of rotatable bonds is 6. The molecular formula is C17H12Cl3N3O2S2. The molecule has 5 nitrogen and oxygen atoms in total. The molecule has 27 heavy (non-hydrogen) atoms. The van der Waals surface area contributed by atoms with Crippen LogP contribution in [0.1, 0.15) is 0 Å². The lowest BCUT2D eigenvalue weighted by Crippen LogP contribution is -2.23. The SMILES string of the molecule is C=CCn1c(SCC(=O)Nc2cc(Cl)c(Cl)cc2Cl)nc2sccc2c1=O. The number of anilines is 1. The van der Waals surface area contributed by atoms with Gasteiger partial charge in [-0.2, -0.15) is 0 Å². The molecule has 3 rings (SSSR count). The van der Waals surface area contributed by atoms with Crippen LogP contribution in [0.15, 0.2) is 46.2 Å². The molecule has 0 aliphatic heterocycles. The highest BCUT2D eigenvalue weighted by molar-refractivity contribution is 7.99. The highest BCUT2D eigenvalue weighted by Gasteiger charge is 2.14. The minimum atomic E-state index is -0.314. The summed E-state index contributed by atoms with van der Waals surface area (Å²) >= 11 is 20.4. The van der Waals surface area contributed by atoms with Gasteiger partial charge in [0.1, 0.15) is 4.83 Å². The van der Waals surface area contributed by atoms with E-state index in [-0.39, 0.29) is 27.3 Å². The quantitative estimate of drug-likeness (QED) is 0.233. The average Bonchev–Trinajstić information content (AvgIpc) is 3.09. The molecule has 2 aromatic heterocycles. The van der Waals surface area contributed by atoms with Crippen LogP contribution in [0, 0.1) is 0 Å². The van der Waals surface area contributed by atoms with Crippen molar-refractivity contribution in [2.75, 3.05) is 11.1 Å². The Bertz CT molecular complexity index is 1090. The molecule has 0 unspecified atom stereocenters. The first kappa shape index (κ1) is 20.2. The number of thiophene rings is 1. The van der Waals surface area contributed by atoms with E-state index in [1.165, 1.54) is 28.0 Å². The molecule has 0 aliphatic carbocycles. The van der Waals surface area contributed by atoms with Crippen molar-refractivity contribution >= 4 is 79.7 Å². The van der Waals surface area contributed by atoms with Gasteiger partial charge in [0.25, 0.3) is 5.56 Å². The van der Waals surface area contributed by atoms with Gasteiger partial charge < -0.3 is 5.32 Å². The lowest BCUT2D eigenvalue weighted by Gasteiger charge is -2.11. The normalized spacial score (nSPS) is 10.9. The summed E-state index contributed by atoms with van der Waals surface area (Å²) in [5.74, 6) is -0.275.